The molecule has 0 saturated carbocycles. The number of hydrogen-bond donors (Lipinski definition) is 0. The fraction of sp³-hybridized carbons (Fsp3) is 0.278. The standard InChI is InChI=1S/C18H17F3N2O3/c1-12(14-6-4-8-16(11-14)23(25)26)22(2)17(24)10-13-5-3-7-15(9-13)18(19,20)21/h3-9,11-12H,10H2,1-2H3/t12-/m1/s1. The third-order valence-corrected chi connectivity index (χ3v) is 4.15. The molecule has 0 radical (unpaired) electrons. The summed E-state index contributed by atoms with van der Waals surface area (Å²) in [6.07, 6.45) is -4.67. The molecule has 0 bridgehead atoms. The monoisotopic (exact) mass is 366 g/mol. The highest BCUT2D eigenvalue weighted by atomic mass is 19.4. The highest BCUT2D eigenvalue weighted by Crippen LogP contribution is 2.30. The van der Waals surface area contributed by atoms with Gasteiger partial charge in [-0.15, -0.1) is 0 Å². The van der Waals surface area contributed by atoms with Gasteiger partial charge in [0.05, 0.1) is 22.9 Å². The normalized spacial score (nSPS) is 12.5. The highest BCUT2D eigenvalue weighted by molar-refractivity contribution is 5.79. The lowest BCUT2D eigenvalue weighted by atomic mass is 10.0. The van der Waals surface area contributed by atoms with Crippen LogP contribution in [-0.2, 0) is 17.4 Å². The van der Waals surface area contributed by atoms with Gasteiger partial charge in [0.2, 0.25) is 5.91 Å². The van der Waals surface area contributed by atoms with Crippen molar-refractivity contribution >= 4 is 11.6 Å². The third-order valence-electron chi connectivity index (χ3n) is 4.15. The van der Waals surface area contributed by atoms with E-state index in [1.807, 2.05) is 0 Å². The molecule has 0 fully saturated rings. The minimum absolute atomic E-state index is 0.0897. The summed E-state index contributed by atoms with van der Waals surface area (Å²) in [6.45, 7) is 1.70. The molecule has 2 aromatic rings. The zero-order valence-electron chi connectivity index (χ0n) is 14.2. The van der Waals surface area contributed by atoms with E-state index in [2.05, 4.69) is 0 Å². The van der Waals surface area contributed by atoms with Gasteiger partial charge in [0, 0.05) is 19.2 Å². The van der Waals surface area contributed by atoms with Crippen LogP contribution in [0.25, 0.3) is 0 Å². The predicted octanol–water partition coefficient (Wildman–Crippen LogP) is 4.38. The van der Waals surface area contributed by atoms with Gasteiger partial charge in [0.1, 0.15) is 0 Å². The molecule has 5 nitrogen and oxygen atoms in total. The Morgan fingerprint density at radius 3 is 2.46 bits per heavy atom. The third kappa shape index (κ3) is 4.59. The van der Waals surface area contributed by atoms with E-state index >= 15 is 0 Å². The number of nitro groups is 1. The second kappa shape index (κ2) is 7.55. The van der Waals surface area contributed by atoms with E-state index in [-0.39, 0.29) is 23.6 Å². The zero-order chi connectivity index (χ0) is 19.5. The first-order valence-electron chi connectivity index (χ1n) is 7.75. The average Bonchev–Trinajstić information content (AvgIpc) is 2.60. The van der Waals surface area contributed by atoms with Crippen LogP contribution < -0.4 is 0 Å². The first-order valence-corrected chi connectivity index (χ1v) is 7.75. The first kappa shape index (κ1) is 19.4. The number of benzene rings is 2. The van der Waals surface area contributed by atoms with E-state index in [1.54, 1.807) is 13.0 Å². The zero-order valence-corrected chi connectivity index (χ0v) is 14.2. The first-order chi connectivity index (χ1) is 12.1. The lowest BCUT2D eigenvalue weighted by molar-refractivity contribution is -0.384. The molecule has 0 heterocycles. The van der Waals surface area contributed by atoms with Crippen LogP contribution in [-0.4, -0.2) is 22.8 Å². The summed E-state index contributed by atoms with van der Waals surface area (Å²) in [4.78, 5) is 24.1. The van der Waals surface area contributed by atoms with Crippen molar-refractivity contribution in [3.05, 3.63) is 75.3 Å². The van der Waals surface area contributed by atoms with Crippen molar-refractivity contribution in [2.75, 3.05) is 7.05 Å². The number of amides is 1. The van der Waals surface area contributed by atoms with E-state index in [1.165, 1.54) is 42.3 Å². The summed E-state index contributed by atoms with van der Waals surface area (Å²) in [7, 11) is 1.51. The van der Waals surface area contributed by atoms with Crippen LogP contribution in [0.15, 0.2) is 48.5 Å². The smallest absolute Gasteiger partial charge is 0.339 e. The predicted molar refractivity (Wildman–Crippen MR) is 89.4 cm³/mol. The van der Waals surface area contributed by atoms with Crippen LogP contribution in [0.2, 0.25) is 0 Å². The van der Waals surface area contributed by atoms with Gasteiger partial charge in [-0.3, -0.25) is 14.9 Å². The van der Waals surface area contributed by atoms with Crippen molar-refractivity contribution in [3.8, 4) is 0 Å². The van der Waals surface area contributed by atoms with Crippen LogP contribution in [0.5, 0.6) is 0 Å². The highest BCUT2D eigenvalue weighted by Gasteiger charge is 2.30. The molecule has 0 aliphatic heterocycles. The van der Waals surface area contributed by atoms with Crippen molar-refractivity contribution in [1.82, 2.24) is 4.90 Å². The van der Waals surface area contributed by atoms with Gasteiger partial charge in [-0.05, 0) is 24.1 Å². The maximum Gasteiger partial charge on any atom is 0.416 e. The Balaban J connectivity index is 2.14. The van der Waals surface area contributed by atoms with E-state index in [0.29, 0.717) is 5.56 Å². The molecule has 1 amide bonds. The van der Waals surface area contributed by atoms with E-state index < -0.39 is 22.7 Å². The van der Waals surface area contributed by atoms with Gasteiger partial charge < -0.3 is 4.90 Å². The molecule has 0 N–H and O–H groups in total. The lowest BCUT2D eigenvalue weighted by Crippen LogP contribution is -2.31. The minimum atomic E-state index is -4.47. The number of carbonyl (C=O) groups excluding carboxylic acids is 1. The van der Waals surface area contributed by atoms with E-state index in [0.717, 1.165) is 12.1 Å². The molecule has 0 aromatic heterocycles. The largest absolute Gasteiger partial charge is 0.416 e. The van der Waals surface area contributed by atoms with Gasteiger partial charge in [0.25, 0.3) is 5.69 Å². The molecular weight excluding hydrogens is 349 g/mol. The summed E-state index contributed by atoms with van der Waals surface area (Å²) in [5.41, 5.74) is -0.0766. The number of nitrogens with zero attached hydrogens (tertiary/aromatic N) is 2. The van der Waals surface area contributed by atoms with Crippen LogP contribution in [0, 0.1) is 10.1 Å². The summed E-state index contributed by atoms with van der Waals surface area (Å²) in [5.74, 6) is -0.386. The van der Waals surface area contributed by atoms with Crippen molar-refractivity contribution < 1.29 is 22.9 Å². The number of alkyl halides is 3. The second-order valence-corrected chi connectivity index (χ2v) is 5.91. The molecule has 8 heteroatoms. The molecule has 0 aliphatic rings. The van der Waals surface area contributed by atoms with Crippen LogP contribution in [0.3, 0.4) is 0 Å². The Kier molecular flexibility index (Phi) is 5.64. The van der Waals surface area contributed by atoms with E-state index in [4.69, 9.17) is 0 Å². The topological polar surface area (TPSA) is 63.5 Å². The summed E-state index contributed by atoms with van der Waals surface area (Å²) in [6, 6.07) is 10.1. The number of nitro benzene ring substituents is 1. The Morgan fingerprint density at radius 2 is 1.85 bits per heavy atom. The number of non-ortho nitro benzene ring substituents is 1. The molecule has 0 aliphatic carbocycles. The van der Waals surface area contributed by atoms with Crippen molar-refractivity contribution in [2.24, 2.45) is 0 Å². The molecule has 2 aromatic carbocycles. The fourth-order valence-electron chi connectivity index (χ4n) is 2.49. The van der Waals surface area contributed by atoms with Gasteiger partial charge in [0.15, 0.2) is 0 Å². The molecule has 26 heavy (non-hydrogen) atoms. The Bertz CT molecular complexity index is 821. The molecule has 0 unspecified atom stereocenters. The maximum atomic E-state index is 12.8. The quantitative estimate of drug-likeness (QED) is 0.583. The number of likely N-dealkylation sites (N-methyl/N-ethyl adjacent to an activating group) is 1. The van der Waals surface area contributed by atoms with Crippen LogP contribution in [0.1, 0.15) is 29.7 Å². The fourth-order valence-corrected chi connectivity index (χ4v) is 2.49. The van der Waals surface area contributed by atoms with Crippen molar-refractivity contribution in [2.45, 2.75) is 25.6 Å². The second-order valence-electron chi connectivity index (χ2n) is 5.91. The maximum absolute atomic E-state index is 12.8. The number of rotatable bonds is 5. The molecule has 0 spiro atoms. The van der Waals surface area contributed by atoms with Gasteiger partial charge in [-0.2, -0.15) is 13.2 Å². The van der Waals surface area contributed by atoms with Crippen molar-refractivity contribution in [1.29, 1.82) is 0 Å². The Morgan fingerprint density at radius 1 is 1.19 bits per heavy atom. The van der Waals surface area contributed by atoms with Gasteiger partial charge in [-0.25, -0.2) is 0 Å². The molecule has 1 atom stereocenters. The average molecular weight is 366 g/mol. The Hall–Kier alpha value is -2.90. The number of carbonyl (C=O) groups is 1. The van der Waals surface area contributed by atoms with E-state index in [9.17, 15) is 28.1 Å². The van der Waals surface area contributed by atoms with Gasteiger partial charge in [-0.1, -0.05) is 30.3 Å². The van der Waals surface area contributed by atoms with Crippen molar-refractivity contribution in [3.63, 3.8) is 0 Å². The summed E-state index contributed by atoms with van der Waals surface area (Å²) in [5, 5.41) is 10.9. The summed E-state index contributed by atoms with van der Waals surface area (Å²) < 4.78 is 38.3. The summed E-state index contributed by atoms with van der Waals surface area (Å²) >= 11 is 0. The molecule has 0 saturated heterocycles. The lowest BCUT2D eigenvalue weighted by Gasteiger charge is -2.25. The number of hydrogen-bond acceptors (Lipinski definition) is 3. The minimum Gasteiger partial charge on any atom is -0.339 e. The van der Waals surface area contributed by atoms with Crippen LogP contribution >= 0.6 is 0 Å². The Labute approximate surface area is 148 Å². The molecule has 2 rings (SSSR count). The number of halogens is 3. The van der Waals surface area contributed by atoms with Gasteiger partial charge >= 0.3 is 6.18 Å². The van der Waals surface area contributed by atoms with Crippen LogP contribution in [0.4, 0.5) is 18.9 Å². The molecule has 138 valence electrons. The molecular formula is C18H17F3N2O3. The SMILES string of the molecule is C[C@H](c1cccc([N+](=O)[O-])c1)N(C)C(=O)Cc1cccc(C(F)(F)F)c1.